The predicted octanol–water partition coefficient (Wildman–Crippen LogP) is 3.43. The Kier molecular flexibility index (Phi) is 3.31. The van der Waals surface area contributed by atoms with Crippen LogP contribution >= 0.6 is 15.9 Å². The molecule has 1 atom stereocenters. The van der Waals surface area contributed by atoms with E-state index in [1.807, 2.05) is 6.07 Å². The van der Waals surface area contributed by atoms with Gasteiger partial charge in [-0.15, -0.1) is 0 Å². The number of halogens is 1. The summed E-state index contributed by atoms with van der Waals surface area (Å²) in [5, 5.41) is 10.9. The summed E-state index contributed by atoms with van der Waals surface area (Å²) in [4.78, 5) is 25.6. The molecule has 0 aromatic heterocycles. The number of Topliss-reactive ketones (excluding diaryl/α,β-unsaturated/α-hetero) is 1. The van der Waals surface area contributed by atoms with Gasteiger partial charge in [0.1, 0.15) is 5.60 Å². The standard InChI is InChI=1S/C20H21BrO4/c21-15-2-1-14-10-20(24,17(22)16(14)6-15)18(23)25-19-7-11-3-12(8-19)5-13(4-11)9-19/h1-2,6,11-13,24H,3-5,7-10H2/t11?,12?,13?,19?,20-/m0/s1. The van der Waals surface area contributed by atoms with Crippen molar-refractivity contribution in [1.29, 1.82) is 0 Å². The van der Waals surface area contributed by atoms with Crippen LogP contribution in [0.25, 0.3) is 0 Å². The van der Waals surface area contributed by atoms with E-state index in [-0.39, 0.29) is 6.42 Å². The molecule has 0 spiro atoms. The van der Waals surface area contributed by atoms with Crippen LogP contribution in [0.1, 0.15) is 54.4 Å². The second kappa shape index (κ2) is 5.17. The molecule has 1 aromatic carbocycles. The van der Waals surface area contributed by atoms with Gasteiger partial charge in [-0.1, -0.05) is 22.0 Å². The van der Waals surface area contributed by atoms with E-state index in [2.05, 4.69) is 15.9 Å². The van der Waals surface area contributed by atoms with Crippen molar-refractivity contribution in [2.45, 2.75) is 56.1 Å². The number of rotatable bonds is 2. The van der Waals surface area contributed by atoms with E-state index in [0.717, 1.165) is 23.7 Å². The van der Waals surface area contributed by atoms with Crippen LogP contribution in [0.4, 0.5) is 0 Å². The average Bonchev–Trinajstić information content (AvgIpc) is 2.78. The van der Waals surface area contributed by atoms with Crippen molar-refractivity contribution in [3.05, 3.63) is 33.8 Å². The molecule has 4 saturated carbocycles. The molecule has 6 rings (SSSR count). The molecule has 1 aromatic rings. The zero-order chi connectivity index (χ0) is 17.4. The van der Waals surface area contributed by atoms with Crippen LogP contribution in [0.15, 0.2) is 22.7 Å². The SMILES string of the molecule is O=C(OC12CC3CC(CC(C3)C1)C2)[C@]1(O)Cc2ccc(Br)cc2C1=O. The molecule has 0 amide bonds. The zero-order valence-corrected chi connectivity index (χ0v) is 15.5. The monoisotopic (exact) mass is 404 g/mol. The number of hydrogen-bond acceptors (Lipinski definition) is 4. The summed E-state index contributed by atoms with van der Waals surface area (Å²) in [5.74, 6) is 0.647. The third kappa shape index (κ3) is 2.35. The van der Waals surface area contributed by atoms with Gasteiger partial charge >= 0.3 is 5.97 Å². The molecule has 1 N–H and O–H groups in total. The summed E-state index contributed by atoms with van der Waals surface area (Å²) in [7, 11) is 0. The highest BCUT2D eigenvalue weighted by atomic mass is 79.9. The molecule has 132 valence electrons. The molecule has 5 heteroatoms. The summed E-state index contributed by atoms with van der Waals surface area (Å²) in [5.41, 5.74) is -1.39. The Balaban J connectivity index is 1.41. The van der Waals surface area contributed by atoms with Gasteiger partial charge in [0.2, 0.25) is 11.4 Å². The zero-order valence-electron chi connectivity index (χ0n) is 14.0. The van der Waals surface area contributed by atoms with Crippen LogP contribution in [0.2, 0.25) is 0 Å². The van der Waals surface area contributed by atoms with Crippen LogP contribution < -0.4 is 0 Å². The van der Waals surface area contributed by atoms with Gasteiger partial charge < -0.3 is 9.84 Å². The fourth-order valence-corrected chi connectivity index (χ4v) is 6.46. The van der Waals surface area contributed by atoms with E-state index >= 15 is 0 Å². The van der Waals surface area contributed by atoms with Crippen LogP contribution in [0, 0.1) is 17.8 Å². The number of hydrogen-bond donors (Lipinski definition) is 1. The molecule has 25 heavy (non-hydrogen) atoms. The maximum absolute atomic E-state index is 12.9. The Labute approximate surface area is 155 Å². The lowest BCUT2D eigenvalue weighted by molar-refractivity contribution is -0.199. The number of ketones is 1. The van der Waals surface area contributed by atoms with E-state index in [1.54, 1.807) is 12.1 Å². The third-order valence-corrected chi connectivity index (χ3v) is 7.26. The van der Waals surface area contributed by atoms with Crippen molar-refractivity contribution < 1.29 is 19.4 Å². The van der Waals surface area contributed by atoms with Gasteiger partial charge in [-0.2, -0.15) is 0 Å². The second-order valence-corrected chi connectivity index (χ2v) is 9.57. The highest BCUT2D eigenvalue weighted by molar-refractivity contribution is 9.10. The number of esters is 1. The number of benzene rings is 1. The topological polar surface area (TPSA) is 63.6 Å². The van der Waals surface area contributed by atoms with E-state index < -0.39 is 23.0 Å². The molecule has 0 aliphatic heterocycles. The van der Waals surface area contributed by atoms with Crippen molar-refractivity contribution >= 4 is 27.7 Å². The van der Waals surface area contributed by atoms with Crippen LogP contribution in [-0.4, -0.2) is 28.1 Å². The maximum atomic E-state index is 12.9. The molecule has 4 nitrogen and oxygen atoms in total. The summed E-state index contributed by atoms with van der Waals surface area (Å²) in [6.45, 7) is 0. The lowest BCUT2D eigenvalue weighted by Gasteiger charge is -2.56. The summed E-state index contributed by atoms with van der Waals surface area (Å²) in [6, 6.07) is 5.28. The Morgan fingerprint density at radius 2 is 1.72 bits per heavy atom. The average molecular weight is 405 g/mol. The molecule has 5 aliphatic rings. The summed E-state index contributed by atoms with van der Waals surface area (Å²) >= 11 is 3.34. The molecule has 0 saturated heterocycles. The van der Waals surface area contributed by atoms with Crippen LogP contribution in [0.5, 0.6) is 0 Å². The molecule has 0 heterocycles. The van der Waals surface area contributed by atoms with Crippen molar-refractivity contribution in [3.8, 4) is 0 Å². The number of ether oxygens (including phenoxy) is 1. The minimum atomic E-state index is -2.06. The van der Waals surface area contributed by atoms with Gasteiger partial charge in [0.25, 0.3) is 0 Å². The predicted molar refractivity (Wildman–Crippen MR) is 94.1 cm³/mol. The van der Waals surface area contributed by atoms with E-state index in [4.69, 9.17) is 4.74 Å². The number of fused-ring (bicyclic) bond motifs is 1. The summed E-state index contributed by atoms with van der Waals surface area (Å²) < 4.78 is 6.71. The second-order valence-electron chi connectivity index (χ2n) is 8.66. The maximum Gasteiger partial charge on any atom is 0.347 e. The first-order valence-corrected chi connectivity index (χ1v) is 9.95. The van der Waals surface area contributed by atoms with Crippen molar-refractivity contribution in [2.24, 2.45) is 17.8 Å². The largest absolute Gasteiger partial charge is 0.457 e. The molecule has 4 bridgehead atoms. The molecule has 5 aliphatic carbocycles. The van der Waals surface area contributed by atoms with Gasteiger partial charge in [-0.05, 0) is 74.0 Å². The Bertz CT molecular complexity index is 751. The normalized spacial score (nSPS) is 41.0. The molecular weight excluding hydrogens is 384 g/mol. The lowest BCUT2D eigenvalue weighted by Crippen LogP contribution is -2.56. The number of aliphatic hydroxyl groups is 1. The van der Waals surface area contributed by atoms with Crippen molar-refractivity contribution in [1.82, 2.24) is 0 Å². The first-order valence-electron chi connectivity index (χ1n) is 9.16. The minimum absolute atomic E-state index is 0.0135. The van der Waals surface area contributed by atoms with Gasteiger partial charge in [0, 0.05) is 16.5 Å². The Hall–Kier alpha value is -1.20. The number of carbonyl (C=O) groups is 2. The highest BCUT2D eigenvalue weighted by Gasteiger charge is 2.57. The van der Waals surface area contributed by atoms with Gasteiger partial charge in [-0.25, -0.2) is 4.79 Å². The Morgan fingerprint density at radius 1 is 1.12 bits per heavy atom. The van der Waals surface area contributed by atoms with Gasteiger partial charge in [-0.3, -0.25) is 4.79 Å². The minimum Gasteiger partial charge on any atom is -0.457 e. The van der Waals surface area contributed by atoms with E-state index in [9.17, 15) is 14.7 Å². The van der Waals surface area contributed by atoms with Crippen molar-refractivity contribution in [2.75, 3.05) is 0 Å². The quantitative estimate of drug-likeness (QED) is 0.605. The van der Waals surface area contributed by atoms with E-state index in [0.29, 0.717) is 28.9 Å². The van der Waals surface area contributed by atoms with Gasteiger partial charge in [0.15, 0.2) is 0 Å². The van der Waals surface area contributed by atoms with Gasteiger partial charge in [0.05, 0.1) is 0 Å². The molecule has 0 radical (unpaired) electrons. The van der Waals surface area contributed by atoms with Crippen molar-refractivity contribution in [3.63, 3.8) is 0 Å². The Morgan fingerprint density at radius 3 is 2.32 bits per heavy atom. The highest BCUT2D eigenvalue weighted by Crippen LogP contribution is 2.57. The molecule has 0 unspecified atom stereocenters. The fraction of sp³-hybridized carbons (Fsp3) is 0.600. The van der Waals surface area contributed by atoms with E-state index in [1.165, 1.54) is 19.3 Å². The van der Waals surface area contributed by atoms with Crippen LogP contribution in [-0.2, 0) is 16.0 Å². The molecule has 4 fully saturated rings. The summed E-state index contributed by atoms with van der Waals surface area (Å²) in [6.07, 6.45) is 6.45. The first-order chi connectivity index (χ1) is 11.9. The lowest BCUT2D eigenvalue weighted by atomic mass is 9.54. The first kappa shape index (κ1) is 16.0. The van der Waals surface area contributed by atoms with Crippen LogP contribution in [0.3, 0.4) is 0 Å². The molecular formula is C20H21BrO4. The smallest absolute Gasteiger partial charge is 0.347 e. The number of carbonyl (C=O) groups excluding carboxylic acids is 2. The third-order valence-electron chi connectivity index (χ3n) is 6.77. The fourth-order valence-electron chi connectivity index (χ4n) is 6.10.